The summed E-state index contributed by atoms with van der Waals surface area (Å²) in [5.41, 5.74) is 0. The van der Waals surface area contributed by atoms with E-state index in [1.165, 1.54) is 103 Å². The Labute approximate surface area is 348 Å². The molecule has 3 atom stereocenters. The molecule has 0 aromatic rings. The van der Waals surface area contributed by atoms with Crippen molar-refractivity contribution < 1.29 is 47.8 Å². The van der Waals surface area contributed by atoms with Gasteiger partial charge in [-0.15, -0.1) is 0 Å². The van der Waals surface area contributed by atoms with E-state index in [4.69, 9.17) is 19.1 Å². The smallest absolute Gasteiger partial charge is 0.462 e. The molecule has 0 aliphatic carbocycles. The van der Waals surface area contributed by atoms with Crippen molar-refractivity contribution in [1.29, 1.82) is 0 Å². The molecule has 10 nitrogen and oxygen atoms in total. The van der Waals surface area contributed by atoms with Crippen LogP contribution in [0.4, 0.5) is 0 Å². The summed E-state index contributed by atoms with van der Waals surface area (Å²) < 4.78 is 32.7. The molecule has 0 saturated carbocycles. The fourth-order valence-electron chi connectivity index (χ4n) is 6.18. The summed E-state index contributed by atoms with van der Waals surface area (Å²) in [6.45, 7) is 2.33. The predicted octanol–water partition coefficient (Wildman–Crippen LogP) is 12.3. The number of allylic oxidation sites excluding steroid dienone is 6. The first-order valence-electron chi connectivity index (χ1n) is 22.9. The lowest BCUT2D eigenvalue weighted by Crippen LogP contribution is -2.29. The van der Waals surface area contributed by atoms with Gasteiger partial charge < -0.3 is 24.6 Å². The predicted molar refractivity (Wildman–Crippen MR) is 233 cm³/mol. The van der Waals surface area contributed by atoms with Crippen molar-refractivity contribution in [3.63, 3.8) is 0 Å². The van der Waals surface area contributed by atoms with Crippen molar-refractivity contribution in [1.82, 2.24) is 0 Å². The Morgan fingerprint density at radius 3 is 1.42 bits per heavy atom. The fourth-order valence-corrected chi connectivity index (χ4v) is 6.97. The second kappa shape index (κ2) is 42.3. The maximum atomic E-state index is 12.6. The quantitative estimate of drug-likeness (QED) is 0.0235. The SMILES string of the molecule is CCCC/C=C\CCCCCCCC(=O)OCC(COP(=O)(O)OCC(O)CO)OC(=O)CCCCCCCCCCCCC/C=C\C/C=C\CCCCCCC. The van der Waals surface area contributed by atoms with Gasteiger partial charge in [0.05, 0.1) is 19.8 Å². The minimum absolute atomic E-state index is 0.181. The van der Waals surface area contributed by atoms with Crippen LogP contribution >= 0.6 is 7.82 Å². The molecular formula is C46H85O10P. The zero-order valence-electron chi connectivity index (χ0n) is 36.3. The average Bonchev–Trinajstić information content (AvgIpc) is 3.20. The maximum Gasteiger partial charge on any atom is 0.472 e. The highest BCUT2D eigenvalue weighted by Gasteiger charge is 2.27. The minimum atomic E-state index is -4.62. The summed E-state index contributed by atoms with van der Waals surface area (Å²) >= 11 is 0. The fraction of sp³-hybridized carbons (Fsp3) is 0.826. The topological polar surface area (TPSA) is 149 Å². The number of carbonyl (C=O) groups excluding carboxylic acids is 2. The van der Waals surface area contributed by atoms with Crippen LogP contribution in [0.5, 0.6) is 0 Å². The number of rotatable bonds is 43. The van der Waals surface area contributed by atoms with Crippen molar-refractivity contribution in [2.24, 2.45) is 0 Å². The molecule has 0 rings (SSSR count). The van der Waals surface area contributed by atoms with Crippen molar-refractivity contribution in [2.45, 2.75) is 219 Å². The van der Waals surface area contributed by atoms with Gasteiger partial charge in [0, 0.05) is 12.8 Å². The van der Waals surface area contributed by atoms with Crippen LogP contribution in [-0.2, 0) is 32.7 Å². The summed E-state index contributed by atoms with van der Waals surface area (Å²) in [5, 5.41) is 18.3. The number of aliphatic hydroxyl groups is 2. The number of ether oxygens (including phenoxy) is 2. The molecule has 0 heterocycles. The molecule has 0 aromatic carbocycles. The molecule has 57 heavy (non-hydrogen) atoms. The molecule has 0 saturated heterocycles. The zero-order chi connectivity index (χ0) is 41.9. The highest BCUT2D eigenvalue weighted by Crippen LogP contribution is 2.43. The van der Waals surface area contributed by atoms with E-state index in [2.05, 4.69) is 54.8 Å². The van der Waals surface area contributed by atoms with Gasteiger partial charge in [0.2, 0.25) is 0 Å². The largest absolute Gasteiger partial charge is 0.472 e. The molecule has 0 aromatic heterocycles. The zero-order valence-corrected chi connectivity index (χ0v) is 37.2. The van der Waals surface area contributed by atoms with Gasteiger partial charge in [0.15, 0.2) is 6.10 Å². The first-order valence-corrected chi connectivity index (χ1v) is 24.4. The first-order chi connectivity index (χ1) is 27.7. The van der Waals surface area contributed by atoms with Gasteiger partial charge >= 0.3 is 19.8 Å². The van der Waals surface area contributed by atoms with Gasteiger partial charge in [-0.2, -0.15) is 0 Å². The molecule has 3 N–H and O–H groups in total. The highest BCUT2D eigenvalue weighted by molar-refractivity contribution is 7.47. The van der Waals surface area contributed by atoms with E-state index in [1.54, 1.807) is 0 Å². The number of hydrogen-bond donors (Lipinski definition) is 3. The van der Waals surface area contributed by atoms with Crippen LogP contribution in [0.3, 0.4) is 0 Å². The van der Waals surface area contributed by atoms with Crippen molar-refractivity contribution in [3.8, 4) is 0 Å². The number of aliphatic hydroxyl groups excluding tert-OH is 2. The van der Waals surface area contributed by atoms with Crippen molar-refractivity contribution >= 4 is 19.8 Å². The second-order valence-corrected chi connectivity index (χ2v) is 16.9. The van der Waals surface area contributed by atoms with E-state index < -0.39 is 51.8 Å². The van der Waals surface area contributed by atoms with Gasteiger partial charge in [0.1, 0.15) is 12.7 Å². The molecular weight excluding hydrogens is 743 g/mol. The molecule has 0 bridgehead atoms. The summed E-state index contributed by atoms with van der Waals surface area (Å²) in [5.74, 6) is -0.935. The number of phosphoric ester groups is 1. The monoisotopic (exact) mass is 829 g/mol. The van der Waals surface area contributed by atoms with Crippen LogP contribution in [-0.4, -0.2) is 65.7 Å². The van der Waals surface area contributed by atoms with Gasteiger partial charge in [-0.25, -0.2) is 4.57 Å². The highest BCUT2D eigenvalue weighted by atomic mass is 31.2. The van der Waals surface area contributed by atoms with Crippen molar-refractivity contribution in [3.05, 3.63) is 36.5 Å². The molecule has 0 spiro atoms. The Balaban J connectivity index is 4.17. The molecule has 0 fully saturated rings. The lowest BCUT2D eigenvalue weighted by molar-refractivity contribution is -0.161. The van der Waals surface area contributed by atoms with Crippen LogP contribution in [0.15, 0.2) is 36.5 Å². The minimum Gasteiger partial charge on any atom is -0.462 e. The van der Waals surface area contributed by atoms with Crippen LogP contribution in [0.2, 0.25) is 0 Å². The lowest BCUT2D eigenvalue weighted by Gasteiger charge is -2.20. The Hall–Kier alpha value is -1.81. The standard InChI is InChI=1S/C46H85O10P/c1-3-5-7-9-11-13-15-16-17-18-19-20-21-22-23-24-25-26-28-30-32-34-36-38-46(50)56-44(42-55-57(51,52)54-40-43(48)39-47)41-53-45(49)37-35-33-31-29-27-14-12-10-8-6-4-2/h10,12,15-16,18-19,43-44,47-48H,3-9,11,13-14,17,20-42H2,1-2H3,(H,51,52)/b12-10-,16-15-,19-18-. The third-order valence-electron chi connectivity index (χ3n) is 9.77. The van der Waals surface area contributed by atoms with Crippen LogP contribution in [0.1, 0.15) is 206 Å². The Bertz CT molecular complexity index is 1050. The molecule has 11 heteroatoms. The Morgan fingerprint density at radius 2 is 0.930 bits per heavy atom. The Morgan fingerprint density at radius 1 is 0.526 bits per heavy atom. The van der Waals surface area contributed by atoms with E-state index in [9.17, 15) is 24.2 Å². The average molecular weight is 829 g/mol. The van der Waals surface area contributed by atoms with Gasteiger partial charge in [-0.05, 0) is 64.2 Å². The van der Waals surface area contributed by atoms with Crippen molar-refractivity contribution in [2.75, 3.05) is 26.4 Å². The maximum absolute atomic E-state index is 12.6. The normalized spacial score (nSPS) is 14.1. The first kappa shape index (κ1) is 55.2. The number of carbonyl (C=O) groups is 2. The summed E-state index contributed by atoms with van der Waals surface area (Å²) in [7, 11) is -4.62. The van der Waals surface area contributed by atoms with E-state index in [-0.39, 0.29) is 19.4 Å². The molecule has 0 aliphatic heterocycles. The number of hydrogen-bond acceptors (Lipinski definition) is 9. The van der Waals surface area contributed by atoms with E-state index in [0.29, 0.717) is 12.8 Å². The summed E-state index contributed by atoms with van der Waals surface area (Å²) in [6.07, 6.45) is 44.0. The van der Waals surface area contributed by atoms with E-state index in [1.807, 2.05) is 0 Å². The van der Waals surface area contributed by atoms with Crippen LogP contribution in [0, 0.1) is 0 Å². The number of esters is 2. The lowest BCUT2D eigenvalue weighted by atomic mass is 10.0. The summed E-state index contributed by atoms with van der Waals surface area (Å²) in [6, 6.07) is 0. The summed E-state index contributed by atoms with van der Waals surface area (Å²) in [4.78, 5) is 35.0. The molecule has 0 amide bonds. The van der Waals surface area contributed by atoms with Gasteiger partial charge in [-0.1, -0.05) is 166 Å². The Kier molecular flexibility index (Phi) is 41.0. The van der Waals surface area contributed by atoms with Crippen LogP contribution < -0.4 is 0 Å². The number of phosphoric acid groups is 1. The van der Waals surface area contributed by atoms with E-state index in [0.717, 1.165) is 64.2 Å². The van der Waals surface area contributed by atoms with Gasteiger partial charge in [0.25, 0.3) is 0 Å². The van der Waals surface area contributed by atoms with Crippen LogP contribution in [0.25, 0.3) is 0 Å². The molecule has 3 unspecified atom stereocenters. The second-order valence-electron chi connectivity index (χ2n) is 15.4. The molecule has 0 aliphatic rings. The third kappa shape index (κ3) is 42.1. The third-order valence-corrected chi connectivity index (χ3v) is 10.7. The van der Waals surface area contributed by atoms with Gasteiger partial charge in [-0.3, -0.25) is 18.6 Å². The molecule has 0 radical (unpaired) electrons. The molecule has 334 valence electrons. The van der Waals surface area contributed by atoms with E-state index >= 15 is 0 Å². The number of unbranched alkanes of at least 4 members (excludes halogenated alkanes) is 23.